The number of aryl methyl sites for hydroxylation is 2. The smallest absolute Gasteiger partial charge is 0.260 e. The number of ether oxygens (including phenoxy) is 1. The SMILES string of the molecule is Cc1cccc(C)c1NC(=O)CN(C)C(=O)COc1ccccc1C=O. The molecule has 2 amide bonds. The number of benzene rings is 2. The number of likely N-dealkylation sites (N-methyl/N-ethyl adjacent to an activating group) is 1. The minimum Gasteiger partial charge on any atom is -0.483 e. The zero-order valence-electron chi connectivity index (χ0n) is 15.1. The number of rotatable bonds is 7. The van der Waals surface area contributed by atoms with Crippen molar-refractivity contribution in [3.63, 3.8) is 0 Å². The van der Waals surface area contributed by atoms with E-state index in [0.29, 0.717) is 17.6 Å². The lowest BCUT2D eigenvalue weighted by atomic mass is 10.1. The van der Waals surface area contributed by atoms with Gasteiger partial charge in [0.25, 0.3) is 5.91 Å². The molecule has 0 saturated heterocycles. The molecular formula is C20H22N2O4. The third kappa shape index (κ3) is 4.92. The second kappa shape index (κ2) is 8.80. The van der Waals surface area contributed by atoms with E-state index in [4.69, 9.17) is 4.74 Å². The summed E-state index contributed by atoms with van der Waals surface area (Å²) in [6.45, 7) is 3.48. The summed E-state index contributed by atoms with van der Waals surface area (Å²) < 4.78 is 5.39. The van der Waals surface area contributed by atoms with Crippen LogP contribution in [0.1, 0.15) is 21.5 Å². The summed E-state index contributed by atoms with van der Waals surface area (Å²) >= 11 is 0. The monoisotopic (exact) mass is 354 g/mol. The van der Waals surface area contributed by atoms with E-state index in [-0.39, 0.29) is 25.0 Å². The summed E-state index contributed by atoms with van der Waals surface area (Å²) in [6.07, 6.45) is 0.668. The first kappa shape index (κ1) is 19.2. The van der Waals surface area contributed by atoms with Crippen molar-refractivity contribution >= 4 is 23.8 Å². The first-order valence-electron chi connectivity index (χ1n) is 8.19. The van der Waals surface area contributed by atoms with Crippen LogP contribution >= 0.6 is 0 Å². The standard InChI is InChI=1S/C20H22N2O4/c1-14-7-6-8-15(2)20(14)21-18(24)11-22(3)19(25)13-26-17-10-5-4-9-16(17)12-23/h4-10,12H,11,13H2,1-3H3,(H,21,24). The van der Waals surface area contributed by atoms with Gasteiger partial charge in [0.15, 0.2) is 12.9 Å². The Bertz CT molecular complexity index is 797. The van der Waals surface area contributed by atoms with Gasteiger partial charge in [0.05, 0.1) is 12.1 Å². The van der Waals surface area contributed by atoms with Gasteiger partial charge in [-0.3, -0.25) is 14.4 Å². The molecule has 26 heavy (non-hydrogen) atoms. The quantitative estimate of drug-likeness (QED) is 0.776. The second-order valence-corrected chi connectivity index (χ2v) is 6.01. The lowest BCUT2D eigenvalue weighted by molar-refractivity contribution is -0.135. The Morgan fingerprint density at radius 2 is 1.73 bits per heavy atom. The molecule has 0 atom stereocenters. The fraction of sp³-hybridized carbons (Fsp3) is 0.250. The van der Waals surface area contributed by atoms with Crippen LogP contribution in [0, 0.1) is 13.8 Å². The Balaban J connectivity index is 1.90. The molecule has 0 aliphatic heterocycles. The molecule has 0 heterocycles. The number of carbonyl (C=O) groups is 3. The molecule has 6 heteroatoms. The van der Waals surface area contributed by atoms with Gasteiger partial charge in [0.2, 0.25) is 5.91 Å². The Kier molecular flexibility index (Phi) is 6.49. The predicted molar refractivity (Wildman–Crippen MR) is 99.5 cm³/mol. The average molecular weight is 354 g/mol. The summed E-state index contributed by atoms with van der Waals surface area (Å²) in [5.74, 6) is -0.307. The van der Waals surface area contributed by atoms with Gasteiger partial charge in [0.1, 0.15) is 5.75 Å². The molecule has 2 rings (SSSR count). The average Bonchev–Trinajstić information content (AvgIpc) is 2.63. The molecule has 1 N–H and O–H groups in total. The topological polar surface area (TPSA) is 75.7 Å². The Morgan fingerprint density at radius 1 is 1.08 bits per heavy atom. The minimum absolute atomic E-state index is 0.0920. The molecule has 0 radical (unpaired) electrons. The normalized spacial score (nSPS) is 10.1. The molecule has 0 spiro atoms. The van der Waals surface area contributed by atoms with Gasteiger partial charge in [-0.05, 0) is 37.1 Å². The van der Waals surface area contributed by atoms with Crippen molar-refractivity contribution in [2.24, 2.45) is 0 Å². The number of amides is 2. The van der Waals surface area contributed by atoms with Crippen LogP contribution in [0.4, 0.5) is 5.69 Å². The molecule has 0 bridgehead atoms. The van der Waals surface area contributed by atoms with E-state index in [9.17, 15) is 14.4 Å². The highest BCUT2D eigenvalue weighted by atomic mass is 16.5. The van der Waals surface area contributed by atoms with Crippen LogP contribution in [0.15, 0.2) is 42.5 Å². The molecule has 6 nitrogen and oxygen atoms in total. The molecular weight excluding hydrogens is 332 g/mol. The molecule has 0 aliphatic rings. The van der Waals surface area contributed by atoms with Crippen molar-refractivity contribution in [3.05, 3.63) is 59.2 Å². The fourth-order valence-electron chi connectivity index (χ4n) is 2.45. The summed E-state index contributed by atoms with van der Waals surface area (Å²) in [7, 11) is 1.53. The van der Waals surface area contributed by atoms with Gasteiger partial charge in [-0.25, -0.2) is 0 Å². The van der Waals surface area contributed by atoms with Gasteiger partial charge < -0.3 is 15.0 Å². The summed E-state index contributed by atoms with van der Waals surface area (Å²) in [5, 5.41) is 2.84. The molecule has 136 valence electrons. The Hall–Kier alpha value is -3.15. The number of nitrogens with zero attached hydrogens (tertiary/aromatic N) is 1. The van der Waals surface area contributed by atoms with Crippen molar-refractivity contribution in [2.75, 3.05) is 25.5 Å². The van der Waals surface area contributed by atoms with Gasteiger partial charge in [0, 0.05) is 12.7 Å². The van der Waals surface area contributed by atoms with Crippen molar-refractivity contribution in [3.8, 4) is 5.75 Å². The highest BCUT2D eigenvalue weighted by Gasteiger charge is 2.15. The van der Waals surface area contributed by atoms with Crippen LogP contribution < -0.4 is 10.1 Å². The highest BCUT2D eigenvalue weighted by molar-refractivity contribution is 5.95. The Morgan fingerprint density at radius 3 is 2.38 bits per heavy atom. The second-order valence-electron chi connectivity index (χ2n) is 6.01. The third-order valence-electron chi connectivity index (χ3n) is 3.95. The van der Waals surface area contributed by atoms with E-state index in [1.54, 1.807) is 24.3 Å². The maximum absolute atomic E-state index is 12.2. The van der Waals surface area contributed by atoms with Gasteiger partial charge in [-0.2, -0.15) is 0 Å². The molecule has 2 aromatic rings. The maximum Gasteiger partial charge on any atom is 0.260 e. The third-order valence-corrected chi connectivity index (χ3v) is 3.95. The lowest BCUT2D eigenvalue weighted by Gasteiger charge is -2.18. The maximum atomic E-state index is 12.2. The van der Waals surface area contributed by atoms with Crippen LogP contribution in [-0.4, -0.2) is 43.2 Å². The largest absolute Gasteiger partial charge is 0.483 e. The van der Waals surface area contributed by atoms with Crippen molar-refractivity contribution in [1.82, 2.24) is 4.90 Å². The number of anilines is 1. The highest BCUT2D eigenvalue weighted by Crippen LogP contribution is 2.19. The van der Waals surface area contributed by atoms with Gasteiger partial charge in [-0.1, -0.05) is 30.3 Å². The van der Waals surface area contributed by atoms with Gasteiger partial charge in [-0.15, -0.1) is 0 Å². The van der Waals surface area contributed by atoms with Crippen LogP contribution in [-0.2, 0) is 9.59 Å². The first-order chi connectivity index (χ1) is 12.4. The van der Waals surface area contributed by atoms with E-state index in [2.05, 4.69) is 5.32 Å². The first-order valence-corrected chi connectivity index (χ1v) is 8.19. The van der Waals surface area contributed by atoms with Crippen LogP contribution in [0.2, 0.25) is 0 Å². The summed E-state index contributed by atoms with van der Waals surface area (Å²) in [4.78, 5) is 36.6. The Labute approximate surface area is 152 Å². The zero-order valence-corrected chi connectivity index (χ0v) is 15.1. The number of hydrogen-bond donors (Lipinski definition) is 1. The van der Waals surface area contributed by atoms with Crippen molar-refractivity contribution in [2.45, 2.75) is 13.8 Å². The fourth-order valence-corrected chi connectivity index (χ4v) is 2.45. The number of nitrogens with one attached hydrogen (secondary N) is 1. The van der Waals surface area contributed by atoms with E-state index in [0.717, 1.165) is 16.8 Å². The number of hydrogen-bond acceptors (Lipinski definition) is 4. The van der Waals surface area contributed by atoms with E-state index >= 15 is 0 Å². The van der Waals surface area contributed by atoms with Crippen LogP contribution in [0.5, 0.6) is 5.75 Å². The van der Waals surface area contributed by atoms with Crippen LogP contribution in [0.3, 0.4) is 0 Å². The summed E-state index contributed by atoms with van der Waals surface area (Å²) in [5.41, 5.74) is 3.05. The molecule has 0 aromatic heterocycles. The molecule has 0 saturated carbocycles. The predicted octanol–water partition coefficient (Wildman–Crippen LogP) is 2.59. The number of aldehydes is 1. The molecule has 2 aromatic carbocycles. The summed E-state index contributed by atoms with van der Waals surface area (Å²) in [6, 6.07) is 12.4. The van der Waals surface area contributed by atoms with Crippen LogP contribution in [0.25, 0.3) is 0 Å². The molecule has 0 unspecified atom stereocenters. The molecule has 0 aliphatic carbocycles. The number of carbonyl (C=O) groups excluding carboxylic acids is 3. The van der Waals surface area contributed by atoms with Gasteiger partial charge >= 0.3 is 0 Å². The zero-order chi connectivity index (χ0) is 19.1. The van der Waals surface area contributed by atoms with E-state index < -0.39 is 0 Å². The molecule has 0 fully saturated rings. The lowest BCUT2D eigenvalue weighted by Crippen LogP contribution is -2.37. The number of para-hydroxylation sites is 2. The van der Waals surface area contributed by atoms with E-state index in [1.165, 1.54) is 11.9 Å². The van der Waals surface area contributed by atoms with Crippen molar-refractivity contribution < 1.29 is 19.1 Å². The van der Waals surface area contributed by atoms with Crippen molar-refractivity contribution in [1.29, 1.82) is 0 Å². The minimum atomic E-state index is -0.359. The van der Waals surface area contributed by atoms with E-state index in [1.807, 2.05) is 32.0 Å².